The molecule has 3 aromatic rings. The number of thioether (sulfide) groups is 1. The number of rotatable bonds is 30. The summed E-state index contributed by atoms with van der Waals surface area (Å²) < 4.78 is 7.42. The number of amidine groups is 1. The molecule has 17 amide bonds. The number of Topliss-reactive ketones (excluding diaryl/α,β-unsaturated/α-hetero) is 2. The summed E-state index contributed by atoms with van der Waals surface area (Å²) in [6, 6.07) is 11.1. The average molecular weight is 1970 g/mol. The number of nitrogens with zero attached hydrogens (tertiary/aromatic N) is 17. The summed E-state index contributed by atoms with van der Waals surface area (Å²) in [4.78, 5) is 286. The maximum absolute atomic E-state index is 15.2. The lowest BCUT2D eigenvalue weighted by Gasteiger charge is -2.33. The van der Waals surface area contributed by atoms with Gasteiger partial charge in [-0.1, -0.05) is 29.5 Å². The number of aliphatic carboxylic acids is 1. The number of nitrogens with two attached hydrogens (primary N) is 3. The number of aromatic hydroxyl groups is 2. The largest absolute Gasteiger partial charge is 0.508 e. The molecule has 4 saturated heterocycles. The Hall–Kier alpha value is -13.5. The number of allylic oxidation sites excluding steroid dienone is 1. The van der Waals surface area contributed by atoms with Crippen molar-refractivity contribution >= 4 is 136 Å². The van der Waals surface area contributed by atoms with Crippen molar-refractivity contribution < 1.29 is 131 Å². The normalized spacial score (nSPS) is 20.1. The number of imide groups is 1. The first kappa shape index (κ1) is 112. The van der Waals surface area contributed by atoms with Crippen LogP contribution in [0.15, 0.2) is 71.5 Å². The fourth-order valence-electron chi connectivity index (χ4n) is 14.8. The van der Waals surface area contributed by atoms with E-state index in [-0.39, 0.29) is 113 Å². The minimum absolute atomic E-state index is 0.0124. The van der Waals surface area contributed by atoms with Gasteiger partial charge >= 0.3 is 5.97 Å². The van der Waals surface area contributed by atoms with Gasteiger partial charge in [0.05, 0.1) is 128 Å². The Kier molecular flexibility index (Phi) is 44.6. The highest BCUT2D eigenvalue weighted by Gasteiger charge is 2.44. The first-order valence-corrected chi connectivity index (χ1v) is 45.9. The third-order valence-electron chi connectivity index (χ3n) is 22.1. The number of carboxylic acids is 1. The molecule has 5 aliphatic heterocycles. The molecule has 8 rings (SSSR count). The van der Waals surface area contributed by atoms with Gasteiger partial charge in [-0.15, -0.1) is 16.9 Å². The zero-order valence-electron chi connectivity index (χ0n) is 78.7. The van der Waals surface area contributed by atoms with Crippen molar-refractivity contribution in [3.63, 3.8) is 0 Å². The number of aliphatic hydroxyl groups is 3. The second-order valence-corrected chi connectivity index (χ2v) is 35.5. The van der Waals surface area contributed by atoms with E-state index in [4.69, 9.17) is 27.0 Å². The monoisotopic (exact) mass is 1970 g/mol. The first-order chi connectivity index (χ1) is 65.9. The van der Waals surface area contributed by atoms with E-state index >= 15 is 9.59 Å². The number of carboxylic acid groups (broad SMARTS) is 1. The summed E-state index contributed by atoms with van der Waals surface area (Å²) in [7, 11) is 0. The van der Waals surface area contributed by atoms with Crippen LogP contribution in [0.25, 0.3) is 0 Å². The first-order valence-electron chi connectivity index (χ1n) is 44.9. The number of ketones is 2. The second kappa shape index (κ2) is 55.2. The van der Waals surface area contributed by atoms with E-state index in [1.165, 1.54) is 58.1 Å². The molecule has 1 aromatic heterocycles. The molecule has 2 bridgehead atoms. The molecule has 5 aliphatic rings. The number of fused-ring (bicyclic) bond motifs is 2. The fourth-order valence-corrected chi connectivity index (χ4v) is 15.9. The molecule has 0 aliphatic carbocycles. The Morgan fingerprint density at radius 1 is 0.568 bits per heavy atom. The summed E-state index contributed by atoms with van der Waals surface area (Å²) in [6.07, 6.45) is 0.132. The molecule has 51 nitrogen and oxygen atoms in total. The number of hydrogen-bond acceptors (Lipinski definition) is 33. The topological polar surface area (TPSA) is 683 Å². The van der Waals surface area contributed by atoms with Crippen molar-refractivity contribution in [2.75, 3.05) is 202 Å². The Morgan fingerprint density at radius 3 is 1.55 bits per heavy atom. The highest BCUT2D eigenvalue weighted by Crippen LogP contribution is 2.35. The molecule has 4 unspecified atom stereocenters. The Bertz CT molecular complexity index is 4950. The highest BCUT2D eigenvalue weighted by atomic mass is 32.2. The zero-order chi connectivity index (χ0) is 102. The molecule has 52 heteroatoms. The molecular weight excluding hydrogens is 1850 g/mol. The van der Waals surface area contributed by atoms with Crippen molar-refractivity contribution in [2.24, 2.45) is 22.2 Å². The number of carbonyl (C=O) groups excluding carboxylic acids is 19. The smallest absolute Gasteiger partial charge is 0.323 e. The third-order valence-corrected chi connectivity index (χ3v) is 23.2. The molecule has 0 spiro atoms. The van der Waals surface area contributed by atoms with Crippen molar-refractivity contribution in [2.45, 2.75) is 122 Å². The summed E-state index contributed by atoms with van der Waals surface area (Å²) >= 11 is 0.962. The fraction of sp³-hybridized carbons (Fsp3) is 0.575. The predicted molar refractivity (Wildman–Crippen MR) is 491 cm³/mol. The maximum Gasteiger partial charge on any atom is 0.323 e. The lowest BCUT2D eigenvalue weighted by atomic mass is 10.1. The number of ether oxygens (including phenoxy) is 1. The van der Waals surface area contributed by atoms with Gasteiger partial charge in [0.1, 0.15) is 61.5 Å². The van der Waals surface area contributed by atoms with E-state index < -0.39 is 292 Å². The number of aliphatic imine (C=N–C) groups is 1. The van der Waals surface area contributed by atoms with E-state index in [1.807, 2.05) is 0 Å². The van der Waals surface area contributed by atoms with Gasteiger partial charge in [-0.05, 0) is 96.2 Å². The van der Waals surface area contributed by atoms with Crippen molar-refractivity contribution in [3.8, 4) is 11.5 Å². The van der Waals surface area contributed by atoms with Crippen molar-refractivity contribution in [1.82, 2.24) is 100 Å². The van der Waals surface area contributed by atoms with Crippen LogP contribution in [0.3, 0.4) is 0 Å². The molecule has 139 heavy (non-hydrogen) atoms. The quantitative estimate of drug-likeness (QED) is 0.00969. The summed E-state index contributed by atoms with van der Waals surface area (Å²) in [6.45, 7) is -5.44. The van der Waals surface area contributed by atoms with Gasteiger partial charge < -0.3 is 118 Å². The third kappa shape index (κ3) is 36.7. The van der Waals surface area contributed by atoms with Gasteiger partial charge in [0, 0.05) is 121 Å². The van der Waals surface area contributed by atoms with Crippen LogP contribution in [0.5, 0.6) is 11.5 Å². The number of amides is 17. The number of phenols is 2. The Labute approximate surface area is 804 Å². The van der Waals surface area contributed by atoms with Crippen LogP contribution < -0.4 is 38.6 Å². The van der Waals surface area contributed by atoms with E-state index in [0.29, 0.717) is 35.5 Å². The number of aliphatic hydroxyl groups excluding tert-OH is 3. The number of aromatic nitrogens is 3. The Morgan fingerprint density at radius 2 is 1.05 bits per heavy atom. The van der Waals surface area contributed by atoms with Gasteiger partial charge in [-0.25, -0.2) is 10.1 Å². The number of carbonyl (C=O) groups is 20. The van der Waals surface area contributed by atoms with Crippen LogP contribution in [0.1, 0.15) is 96.5 Å². The minimum atomic E-state index is -1.36. The van der Waals surface area contributed by atoms with Gasteiger partial charge in [-0.3, -0.25) is 116 Å². The van der Waals surface area contributed by atoms with Crippen LogP contribution in [-0.2, 0) is 120 Å². The van der Waals surface area contributed by atoms with Crippen molar-refractivity contribution in [3.05, 3.63) is 83.3 Å². The van der Waals surface area contributed by atoms with Gasteiger partial charge in [0.2, 0.25) is 94.5 Å². The molecule has 0 radical (unpaired) electrons. The standard InChI is InChI=1S/C66H90N16O20S.C21H36N8O7/c1-43-31-81(56(92)28-51(43)89)65-27-50(52(42-85)102-65)82-33-47(70-71-82)32-79-41-63(99)73(17-12-46-5-9-49(88)10-6-46)35-59(95)75(20-15-68)38-61(97)76(21-24-83)39-62(98)78(34-54(90)69-30-44(2)86)23-26-103-53-29-57(93)80(66(53)101)18-13-55(91)74(19-14-67)37-58(94)72(16-11-45-3-7-48(87)8-4-45)36-60(96)77(22-25-84)40-64(79)100;1-14(22)23-6-5-7-27-10-15(30)24-8-17(32)28(13-20(35)36)11-16(31)25-9-18(33)29(12-19(27)34)26-21(2,3)4/h3-10,31,33,50,52-53,65,83-85,87-88H,11-30,32,34-42,67-68H2,1-2H3,(H,69,90);26H,5-13H2,1-4H3,(H2,22,23)(H,24,30)(H,25,31)(H,35,36). The maximum atomic E-state index is 15.2. The van der Waals surface area contributed by atoms with Crippen LogP contribution in [-0.4, -0.2) is 459 Å². The van der Waals surface area contributed by atoms with E-state index in [0.717, 1.165) is 65.8 Å². The van der Waals surface area contributed by atoms with E-state index in [9.17, 15) is 112 Å². The lowest BCUT2D eigenvalue weighted by molar-refractivity contribution is -0.149. The van der Waals surface area contributed by atoms with E-state index in [2.05, 4.69) is 36.7 Å². The number of β-amino-alcohol motifs (C(OH)–C–C–N with tert-alkyl or cyclic N) is 2. The Balaban J connectivity index is 0.000000612. The molecule has 0 saturated carbocycles. The number of phenolic OH excluding ortho intramolecular Hbond substituents is 2. The number of hydrazine groups is 1. The SMILES string of the molecule is CC(=O)CNC(=O)CN1CCSC2CC(=O)N(CCC(=O)N(CCN)CC(=O)N(CCc3ccc(O)cc3)CC(=O)N(CCO)CC(=O)N(Cc3cn(C4CC(N5C=C(C)C(=O)CC5=O)OC4CO)nn3)CC(=O)N(CCc3ccc(O)cc3)CC(=O)N(CCN)CC(=O)N(CCO)CC1=O)C2=O.CC(N)=NCCCN1CC(=O)NCC(=O)N(CC(=O)O)CC(=O)NCC(=O)N(NC(C)(C)C)CC1=O. The minimum Gasteiger partial charge on any atom is -0.508 e. The van der Waals surface area contributed by atoms with Crippen LogP contribution in [0.2, 0.25) is 0 Å². The van der Waals surface area contributed by atoms with Gasteiger partial charge in [0.25, 0.3) is 5.91 Å². The average Bonchev–Trinajstić information content (AvgIpc) is 1.63. The highest BCUT2D eigenvalue weighted by molar-refractivity contribution is 8.00. The number of nitrogens with one attached hydrogen (secondary N) is 4. The van der Waals surface area contributed by atoms with Crippen LogP contribution in [0.4, 0.5) is 0 Å². The van der Waals surface area contributed by atoms with Crippen LogP contribution >= 0.6 is 11.8 Å². The van der Waals surface area contributed by atoms with Crippen molar-refractivity contribution in [1.29, 1.82) is 0 Å². The summed E-state index contributed by atoms with van der Waals surface area (Å²) in [5.41, 5.74) is 21.3. The zero-order valence-corrected chi connectivity index (χ0v) is 79.5. The van der Waals surface area contributed by atoms with Gasteiger partial charge in [0.15, 0.2) is 5.78 Å². The molecule has 4 atom stereocenters. The van der Waals surface area contributed by atoms with Crippen LogP contribution in [0, 0.1) is 0 Å². The van der Waals surface area contributed by atoms with E-state index in [1.54, 1.807) is 58.9 Å². The predicted octanol–water partition coefficient (Wildman–Crippen LogP) is -8.60. The van der Waals surface area contributed by atoms with Gasteiger partial charge in [-0.2, -0.15) is 0 Å². The number of benzene rings is 2. The molecular formula is C87H126N24O27S. The molecule has 6 heterocycles. The molecule has 16 N–H and O–H groups in total. The lowest BCUT2D eigenvalue weighted by Crippen LogP contribution is -2.58. The summed E-state index contributed by atoms with van der Waals surface area (Å²) in [5, 5.41) is 76.2. The molecule has 4 fully saturated rings. The molecule has 762 valence electrons. The second-order valence-electron chi connectivity index (χ2n) is 34.2. The molecule has 2 aromatic carbocycles. The summed E-state index contributed by atoms with van der Waals surface area (Å²) in [5.74, 6) is -15.0. The number of hydrogen-bond donors (Lipinski definition) is 13.